The fourth-order valence-electron chi connectivity index (χ4n) is 1.84. The number of nitrogens with one attached hydrogen (secondary N) is 1. The molecule has 0 saturated heterocycles. The van der Waals surface area contributed by atoms with Gasteiger partial charge < -0.3 is 10.4 Å². The molecule has 0 aliphatic rings. The monoisotopic (exact) mass is 315 g/mol. The maximum atomic E-state index is 13.2. The van der Waals surface area contributed by atoms with E-state index in [0.29, 0.717) is 4.88 Å². The van der Waals surface area contributed by atoms with Gasteiger partial charge in [-0.15, -0.1) is 11.3 Å². The number of thiophene rings is 1. The van der Waals surface area contributed by atoms with Crippen LogP contribution in [-0.2, 0) is 0 Å². The Hall–Kier alpha value is -1.86. The van der Waals surface area contributed by atoms with Crippen molar-refractivity contribution in [3.05, 3.63) is 57.0 Å². The van der Waals surface area contributed by atoms with E-state index in [2.05, 4.69) is 5.32 Å². The molecule has 1 unspecified atom stereocenters. The van der Waals surface area contributed by atoms with Crippen LogP contribution in [0.4, 0.5) is 13.2 Å². The number of hydrogen-bond acceptors (Lipinski definition) is 3. The van der Waals surface area contributed by atoms with Crippen LogP contribution >= 0.6 is 11.3 Å². The fourth-order valence-corrected chi connectivity index (χ4v) is 2.67. The average molecular weight is 315 g/mol. The number of carbonyl (C=O) groups is 1. The van der Waals surface area contributed by atoms with Crippen LogP contribution in [-0.4, -0.2) is 17.6 Å². The Morgan fingerprint density at radius 3 is 2.43 bits per heavy atom. The molecule has 0 spiro atoms. The molecule has 0 fully saturated rings. The highest BCUT2D eigenvalue weighted by atomic mass is 32.1. The molecule has 3 nitrogen and oxygen atoms in total. The first-order chi connectivity index (χ1) is 9.93. The van der Waals surface area contributed by atoms with Gasteiger partial charge in [-0.05, 0) is 41.6 Å². The Morgan fingerprint density at radius 2 is 1.95 bits per heavy atom. The summed E-state index contributed by atoms with van der Waals surface area (Å²) in [6.07, 6.45) is 0. The van der Waals surface area contributed by atoms with Crippen LogP contribution in [0.3, 0.4) is 0 Å². The first-order valence-corrected chi connectivity index (χ1v) is 6.92. The zero-order valence-corrected chi connectivity index (χ0v) is 11.8. The zero-order valence-electron chi connectivity index (χ0n) is 11.0. The molecule has 2 aromatic rings. The second-order valence-corrected chi connectivity index (χ2v) is 5.36. The van der Waals surface area contributed by atoms with Gasteiger partial charge in [0.2, 0.25) is 0 Å². The minimum atomic E-state index is -1.59. The lowest BCUT2D eigenvalue weighted by Crippen LogP contribution is -2.30. The van der Waals surface area contributed by atoms with Crippen LogP contribution in [0.25, 0.3) is 0 Å². The van der Waals surface area contributed by atoms with E-state index in [1.165, 1.54) is 11.3 Å². The Labute approximate surface area is 123 Å². The summed E-state index contributed by atoms with van der Waals surface area (Å²) < 4.78 is 39.3. The van der Waals surface area contributed by atoms with Gasteiger partial charge >= 0.3 is 0 Å². The first-order valence-electron chi connectivity index (χ1n) is 6.04. The van der Waals surface area contributed by atoms with Crippen LogP contribution in [0.2, 0.25) is 0 Å². The molecule has 7 heteroatoms. The van der Waals surface area contributed by atoms with Crippen molar-refractivity contribution in [1.29, 1.82) is 0 Å². The predicted octanol–water partition coefficient (Wildman–Crippen LogP) is 2.94. The lowest BCUT2D eigenvalue weighted by Gasteiger charge is -2.17. The van der Waals surface area contributed by atoms with E-state index >= 15 is 0 Å². The van der Waals surface area contributed by atoms with Crippen molar-refractivity contribution < 1.29 is 23.1 Å². The van der Waals surface area contributed by atoms with Gasteiger partial charge in [-0.1, -0.05) is 0 Å². The molecule has 112 valence electrons. The van der Waals surface area contributed by atoms with E-state index in [4.69, 9.17) is 0 Å². The Bertz CT molecular complexity index is 649. The van der Waals surface area contributed by atoms with Gasteiger partial charge in [0.05, 0.1) is 17.5 Å². The average Bonchev–Trinajstić information content (AvgIpc) is 2.87. The number of benzene rings is 1. The highest BCUT2D eigenvalue weighted by Crippen LogP contribution is 2.21. The van der Waals surface area contributed by atoms with E-state index in [1.807, 2.05) is 0 Å². The molecular formula is C14H12F3NO2S. The zero-order chi connectivity index (χ0) is 15.6. The molecule has 2 rings (SSSR count). The van der Waals surface area contributed by atoms with Crippen molar-refractivity contribution in [1.82, 2.24) is 5.32 Å². The standard InChI is InChI=1S/C14H12F3NO2S/c1-7-2-3-21-13(7)14(20)18-11(6-19)8-4-9(15)12(17)10(16)5-8/h2-5,11,19H,6H2,1H3,(H,18,20). The van der Waals surface area contributed by atoms with E-state index < -0.39 is 36.0 Å². The lowest BCUT2D eigenvalue weighted by atomic mass is 10.1. The molecule has 2 N–H and O–H groups in total. The molecule has 1 aromatic heterocycles. The smallest absolute Gasteiger partial charge is 0.262 e. The minimum absolute atomic E-state index is 0.0449. The van der Waals surface area contributed by atoms with Crippen molar-refractivity contribution in [3.63, 3.8) is 0 Å². The maximum Gasteiger partial charge on any atom is 0.262 e. The third-order valence-electron chi connectivity index (χ3n) is 2.96. The summed E-state index contributed by atoms with van der Waals surface area (Å²) in [5, 5.41) is 13.5. The summed E-state index contributed by atoms with van der Waals surface area (Å²) in [6.45, 7) is 1.18. The number of carbonyl (C=O) groups excluding carboxylic acids is 1. The van der Waals surface area contributed by atoms with Gasteiger partial charge in [0.1, 0.15) is 0 Å². The second-order valence-electron chi connectivity index (χ2n) is 4.44. The van der Waals surface area contributed by atoms with Gasteiger partial charge in [0.25, 0.3) is 5.91 Å². The summed E-state index contributed by atoms with van der Waals surface area (Å²) in [5.41, 5.74) is 0.710. The number of halogens is 3. The quantitative estimate of drug-likeness (QED) is 0.852. The van der Waals surface area contributed by atoms with Gasteiger partial charge in [0.15, 0.2) is 17.5 Å². The normalized spacial score (nSPS) is 12.2. The van der Waals surface area contributed by atoms with Gasteiger partial charge in [-0.25, -0.2) is 13.2 Å². The molecule has 1 atom stereocenters. The van der Waals surface area contributed by atoms with Crippen LogP contribution < -0.4 is 5.32 Å². The highest BCUT2D eigenvalue weighted by Gasteiger charge is 2.20. The topological polar surface area (TPSA) is 49.3 Å². The third-order valence-corrected chi connectivity index (χ3v) is 3.98. The number of aryl methyl sites for hydroxylation is 1. The van der Waals surface area contributed by atoms with Crippen LogP contribution in [0, 0.1) is 24.4 Å². The summed E-state index contributed by atoms with van der Waals surface area (Å²) in [4.78, 5) is 12.5. The summed E-state index contributed by atoms with van der Waals surface area (Å²) in [5.74, 6) is -4.79. The lowest BCUT2D eigenvalue weighted by molar-refractivity contribution is 0.0919. The van der Waals surface area contributed by atoms with Crippen LogP contribution in [0.15, 0.2) is 23.6 Å². The van der Waals surface area contributed by atoms with E-state index in [9.17, 15) is 23.1 Å². The number of amides is 1. The molecule has 0 saturated carbocycles. The fraction of sp³-hybridized carbons (Fsp3) is 0.214. The number of hydrogen-bond donors (Lipinski definition) is 2. The Kier molecular flexibility index (Phi) is 4.64. The largest absolute Gasteiger partial charge is 0.394 e. The minimum Gasteiger partial charge on any atom is -0.394 e. The number of aliphatic hydroxyl groups excluding tert-OH is 1. The van der Waals surface area contributed by atoms with Gasteiger partial charge in [-0.3, -0.25) is 4.79 Å². The maximum absolute atomic E-state index is 13.2. The SMILES string of the molecule is Cc1ccsc1C(=O)NC(CO)c1cc(F)c(F)c(F)c1. The van der Waals surface area contributed by atoms with Gasteiger partial charge in [0, 0.05) is 0 Å². The molecular weight excluding hydrogens is 303 g/mol. The van der Waals surface area contributed by atoms with Crippen molar-refractivity contribution in [2.75, 3.05) is 6.61 Å². The highest BCUT2D eigenvalue weighted by molar-refractivity contribution is 7.12. The van der Waals surface area contributed by atoms with Crippen LogP contribution in [0.1, 0.15) is 26.8 Å². The van der Waals surface area contributed by atoms with Crippen molar-refractivity contribution in [2.24, 2.45) is 0 Å². The molecule has 1 aromatic carbocycles. The van der Waals surface area contributed by atoms with E-state index in [0.717, 1.165) is 17.7 Å². The predicted molar refractivity (Wildman–Crippen MR) is 72.7 cm³/mol. The first kappa shape index (κ1) is 15.5. The molecule has 0 bridgehead atoms. The number of rotatable bonds is 4. The Balaban J connectivity index is 2.25. The van der Waals surface area contributed by atoms with Crippen LogP contribution in [0.5, 0.6) is 0 Å². The number of aliphatic hydroxyl groups is 1. The molecule has 0 radical (unpaired) electrons. The molecule has 0 aliphatic heterocycles. The molecule has 21 heavy (non-hydrogen) atoms. The van der Waals surface area contributed by atoms with Crippen molar-refractivity contribution >= 4 is 17.2 Å². The molecule has 1 amide bonds. The second kappa shape index (κ2) is 6.28. The van der Waals surface area contributed by atoms with E-state index in [-0.39, 0.29) is 5.56 Å². The van der Waals surface area contributed by atoms with Crippen molar-refractivity contribution in [3.8, 4) is 0 Å². The van der Waals surface area contributed by atoms with Gasteiger partial charge in [-0.2, -0.15) is 0 Å². The summed E-state index contributed by atoms with van der Waals surface area (Å²) >= 11 is 1.21. The third kappa shape index (κ3) is 3.25. The summed E-state index contributed by atoms with van der Waals surface area (Å²) in [7, 11) is 0. The Morgan fingerprint density at radius 1 is 1.33 bits per heavy atom. The molecule has 0 aliphatic carbocycles. The van der Waals surface area contributed by atoms with Crippen molar-refractivity contribution in [2.45, 2.75) is 13.0 Å². The molecule has 1 heterocycles. The van der Waals surface area contributed by atoms with E-state index in [1.54, 1.807) is 18.4 Å². The summed E-state index contributed by atoms with van der Waals surface area (Å²) in [6, 6.07) is 2.23.